The van der Waals surface area contributed by atoms with Gasteiger partial charge in [0.05, 0.1) is 6.61 Å². The lowest BCUT2D eigenvalue weighted by molar-refractivity contribution is 0.0208. The zero-order valence-corrected chi connectivity index (χ0v) is 11.3. The van der Waals surface area contributed by atoms with Gasteiger partial charge in [0.25, 0.3) is 5.91 Å². The normalized spacial score (nSPS) is 10.6. The predicted molar refractivity (Wildman–Crippen MR) is 67.1 cm³/mol. The number of nitrogens with one attached hydrogen (secondary N) is 1. The minimum Gasteiger partial charge on any atom is -0.273 e. The Kier molecular flexibility index (Phi) is 4.96. The molecule has 0 aromatic heterocycles. The zero-order chi connectivity index (χ0) is 12.1. The van der Waals surface area contributed by atoms with E-state index in [-0.39, 0.29) is 5.91 Å². The highest BCUT2D eigenvalue weighted by Crippen LogP contribution is 2.16. The number of benzene rings is 1. The maximum Gasteiger partial charge on any atom is 0.274 e. The van der Waals surface area contributed by atoms with Gasteiger partial charge in [-0.3, -0.25) is 9.63 Å². The monoisotopic (exact) mass is 285 g/mol. The Morgan fingerprint density at radius 2 is 2.19 bits per heavy atom. The number of rotatable bonds is 4. The highest BCUT2D eigenvalue weighted by atomic mass is 79.9. The van der Waals surface area contributed by atoms with E-state index in [1.165, 1.54) is 0 Å². The summed E-state index contributed by atoms with van der Waals surface area (Å²) >= 11 is 3.39. The average molecular weight is 286 g/mol. The molecule has 0 bridgehead atoms. The summed E-state index contributed by atoms with van der Waals surface area (Å²) < 4.78 is 0.993. The summed E-state index contributed by atoms with van der Waals surface area (Å²) in [6.45, 7) is 6.50. The summed E-state index contributed by atoms with van der Waals surface area (Å²) in [6, 6.07) is 5.43. The zero-order valence-electron chi connectivity index (χ0n) is 9.71. The first-order valence-corrected chi connectivity index (χ1v) is 5.98. The smallest absolute Gasteiger partial charge is 0.273 e. The first kappa shape index (κ1) is 13.2. The first-order valence-electron chi connectivity index (χ1n) is 5.19. The molecule has 1 N–H and O–H groups in total. The molecule has 16 heavy (non-hydrogen) atoms. The molecule has 0 unspecified atom stereocenters. The van der Waals surface area contributed by atoms with E-state index in [2.05, 4.69) is 21.4 Å². The summed E-state index contributed by atoms with van der Waals surface area (Å²) in [6.07, 6.45) is 0. The number of carbonyl (C=O) groups is 1. The van der Waals surface area contributed by atoms with Gasteiger partial charge in [0, 0.05) is 10.0 Å². The molecule has 0 aliphatic carbocycles. The van der Waals surface area contributed by atoms with Crippen LogP contribution in [0.4, 0.5) is 0 Å². The highest BCUT2D eigenvalue weighted by Gasteiger charge is 2.07. The molecule has 1 aromatic carbocycles. The third-order valence-corrected chi connectivity index (χ3v) is 2.89. The summed E-state index contributed by atoms with van der Waals surface area (Å²) in [4.78, 5) is 16.7. The molecular formula is C12H16BrNO2. The number of carbonyl (C=O) groups excluding carboxylic acids is 1. The Hall–Kier alpha value is -0.870. The van der Waals surface area contributed by atoms with Crippen LogP contribution in [0, 0.1) is 12.8 Å². The summed E-state index contributed by atoms with van der Waals surface area (Å²) in [7, 11) is 0. The van der Waals surface area contributed by atoms with Crippen molar-refractivity contribution in [1.82, 2.24) is 5.48 Å². The van der Waals surface area contributed by atoms with Crippen molar-refractivity contribution in [2.75, 3.05) is 6.61 Å². The number of hydrogen-bond acceptors (Lipinski definition) is 2. The predicted octanol–water partition coefficient (Wildman–Crippen LogP) is 3.07. The van der Waals surface area contributed by atoms with Crippen LogP contribution >= 0.6 is 15.9 Å². The lowest BCUT2D eigenvalue weighted by Crippen LogP contribution is -2.25. The van der Waals surface area contributed by atoms with E-state index >= 15 is 0 Å². The SMILES string of the molecule is Cc1cc(C(=O)NOCC(C)C)ccc1Br. The van der Waals surface area contributed by atoms with E-state index in [0.29, 0.717) is 18.1 Å². The molecule has 0 atom stereocenters. The fraction of sp³-hybridized carbons (Fsp3) is 0.417. The largest absolute Gasteiger partial charge is 0.274 e. The molecule has 1 aromatic rings. The molecule has 0 saturated heterocycles. The molecule has 1 amide bonds. The topological polar surface area (TPSA) is 38.3 Å². The van der Waals surface area contributed by atoms with Crippen molar-refractivity contribution >= 4 is 21.8 Å². The Morgan fingerprint density at radius 3 is 2.75 bits per heavy atom. The maximum absolute atomic E-state index is 11.6. The summed E-state index contributed by atoms with van der Waals surface area (Å²) in [5.41, 5.74) is 4.05. The van der Waals surface area contributed by atoms with E-state index in [1.54, 1.807) is 6.07 Å². The van der Waals surface area contributed by atoms with Crippen molar-refractivity contribution in [3.8, 4) is 0 Å². The van der Waals surface area contributed by atoms with Gasteiger partial charge >= 0.3 is 0 Å². The van der Waals surface area contributed by atoms with Gasteiger partial charge in [-0.25, -0.2) is 5.48 Å². The minimum atomic E-state index is -0.212. The fourth-order valence-corrected chi connectivity index (χ4v) is 1.37. The molecule has 3 nitrogen and oxygen atoms in total. The van der Waals surface area contributed by atoms with Crippen LogP contribution in [-0.2, 0) is 4.84 Å². The Bertz CT molecular complexity index is 377. The molecular weight excluding hydrogens is 270 g/mol. The Balaban J connectivity index is 2.56. The quantitative estimate of drug-likeness (QED) is 0.864. The van der Waals surface area contributed by atoms with Gasteiger partial charge < -0.3 is 0 Å². The van der Waals surface area contributed by atoms with Crippen molar-refractivity contribution in [3.05, 3.63) is 33.8 Å². The second-order valence-electron chi connectivity index (χ2n) is 4.10. The molecule has 0 spiro atoms. The van der Waals surface area contributed by atoms with Crippen LogP contribution < -0.4 is 5.48 Å². The number of aryl methyl sites for hydroxylation is 1. The van der Waals surface area contributed by atoms with Gasteiger partial charge in [0.1, 0.15) is 0 Å². The molecule has 0 aliphatic heterocycles. The van der Waals surface area contributed by atoms with Crippen LogP contribution in [-0.4, -0.2) is 12.5 Å². The number of hydroxylamine groups is 1. The average Bonchev–Trinajstić information content (AvgIpc) is 2.21. The van der Waals surface area contributed by atoms with E-state index in [1.807, 2.05) is 32.9 Å². The van der Waals surface area contributed by atoms with Crippen LogP contribution in [0.5, 0.6) is 0 Å². The van der Waals surface area contributed by atoms with Gasteiger partial charge in [-0.2, -0.15) is 0 Å². The van der Waals surface area contributed by atoms with Crippen LogP contribution in [0.2, 0.25) is 0 Å². The fourth-order valence-electron chi connectivity index (χ4n) is 1.12. The molecule has 0 aliphatic rings. The highest BCUT2D eigenvalue weighted by molar-refractivity contribution is 9.10. The Morgan fingerprint density at radius 1 is 1.50 bits per heavy atom. The second-order valence-corrected chi connectivity index (χ2v) is 4.95. The van der Waals surface area contributed by atoms with E-state index < -0.39 is 0 Å². The molecule has 0 saturated carbocycles. The van der Waals surface area contributed by atoms with E-state index in [4.69, 9.17) is 4.84 Å². The standard InChI is InChI=1S/C12H16BrNO2/c1-8(2)7-16-14-12(15)10-4-5-11(13)9(3)6-10/h4-6,8H,7H2,1-3H3,(H,14,15). The molecule has 1 rings (SSSR count). The number of hydrogen-bond donors (Lipinski definition) is 1. The van der Waals surface area contributed by atoms with E-state index in [0.717, 1.165) is 10.0 Å². The molecule has 0 radical (unpaired) electrons. The van der Waals surface area contributed by atoms with Crippen molar-refractivity contribution in [3.63, 3.8) is 0 Å². The summed E-state index contributed by atoms with van der Waals surface area (Å²) in [5.74, 6) is 0.184. The maximum atomic E-state index is 11.6. The number of amides is 1. The third kappa shape index (κ3) is 3.94. The molecule has 0 heterocycles. The van der Waals surface area contributed by atoms with Crippen molar-refractivity contribution in [2.24, 2.45) is 5.92 Å². The summed E-state index contributed by atoms with van der Waals surface area (Å²) in [5, 5.41) is 0. The van der Waals surface area contributed by atoms with Crippen molar-refractivity contribution < 1.29 is 9.63 Å². The molecule has 88 valence electrons. The molecule has 4 heteroatoms. The van der Waals surface area contributed by atoms with Crippen LogP contribution in [0.25, 0.3) is 0 Å². The minimum absolute atomic E-state index is 0.212. The first-order chi connectivity index (χ1) is 7.50. The Labute approximate surface area is 104 Å². The molecule has 0 fully saturated rings. The van der Waals surface area contributed by atoms with Gasteiger partial charge in [-0.05, 0) is 36.6 Å². The number of halogens is 1. The van der Waals surface area contributed by atoms with Gasteiger partial charge in [0.15, 0.2) is 0 Å². The van der Waals surface area contributed by atoms with Gasteiger partial charge in [-0.1, -0.05) is 29.8 Å². The van der Waals surface area contributed by atoms with Crippen LogP contribution in [0.1, 0.15) is 29.8 Å². The van der Waals surface area contributed by atoms with Crippen LogP contribution in [0.3, 0.4) is 0 Å². The van der Waals surface area contributed by atoms with Gasteiger partial charge in [0.2, 0.25) is 0 Å². The van der Waals surface area contributed by atoms with E-state index in [9.17, 15) is 4.79 Å². The second kappa shape index (κ2) is 6.01. The van der Waals surface area contributed by atoms with Crippen molar-refractivity contribution in [1.29, 1.82) is 0 Å². The van der Waals surface area contributed by atoms with Crippen molar-refractivity contribution in [2.45, 2.75) is 20.8 Å². The third-order valence-electron chi connectivity index (χ3n) is 2.00. The van der Waals surface area contributed by atoms with Gasteiger partial charge in [-0.15, -0.1) is 0 Å². The lowest BCUT2D eigenvalue weighted by atomic mass is 10.1. The van der Waals surface area contributed by atoms with Crippen LogP contribution in [0.15, 0.2) is 22.7 Å². The lowest BCUT2D eigenvalue weighted by Gasteiger charge is -2.08.